The molecule has 0 aromatic rings. The summed E-state index contributed by atoms with van der Waals surface area (Å²) in [6, 6.07) is -0.298. The first kappa shape index (κ1) is 33.1. The zero-order valence-electron chi connectivity index (χ0n) is 24.5. The standard InChI is InChI=1S/C28H51NO9/c1-10-20-14(3)23(31)15(4)22(30)13(2)12-28(8,35)26(33)16(5)25(17(6)27(34)37-20)38-21-11-19(29-9)24(32)18(7)36-21/h13-21,23-26,29,31-33,35H,10-12H2,1-9H3/t13-,14+,15+,16+,17-,18-,19?,20-,21+,23+,24-,25+,26-,28-/m1/s1. The van der Waals surface area contributed by atoms with Crippen LogP contribution in [0, 0.1) is 29.6 Å². The Labute approximate surface area is 227 Å². The van der Waals surface area contributed by atoms with E-state index >= 15 is 0 Å². The fourth-order valence-electron chi connectivity index (χ4n) is 6.13. The van der Waals surface area contributed by atoms with Crippen LogP contribution in [0.5, 0.6) is 0 Å². The van der Waals surface area contributed by atoms with Crippen LogP contribution < -0.4 is 5.32 Å². The maximum Gasteiger partial charge on any atom is 0.311 e. The smallest absolute Gasteiger partial charge is 0.311 e. The Hall–Kier alpha value is -1.14. The molecule has 2 rings (SSSR count). The lowest BCUT2D eigenvalue weighted by molar-refractivity contribution is -0.262. The first-order valence-corrected chi connectivity index (χ1v) is 14.1. The van der Waals surface area contributed by atoms with Gasteiger partial charge in [-0.25, -0.2) is 0 Å². The third-order valence-corrected chi connectivity index (χ3v) is 8.86. The number of Topliss-reactive ketones (excluding diaryl/α,β-unsaturated/α-hetero) is 1. The molecule has 2 aliphatic heterocycles. The van der Waals surface area contributed by atoms with E-state index in [4.69, 9.17) is 14.2 Å². The summed E-state index contributed by atoms with van der Waals surface area (Å²) in [5, 5.41) is 47.1. The van der Waals surface area contributed by atoms with Crippen molar-refractivity contribution in [1.82, 2.24) is 5.32 Å². The van der Waals surface area contributed by atoms with Gasteiger partial charge in [0.1, 0.15) is 11.9 Å². The van der Waals surface area contributed by atoms with Gasteiger partial charge in [0, 0.05) is 36.1 Å². The van der Waals surface area contributed by atoms with Crippen molar-refractivity contribution in [3.8, 4) is 0 Å². The van der Waals surface area contributed by atoms with E-state index < -0.39 is 84.1 Å². The second kappa shape index (κ2) is 13.5. The second-order valence-electron chi connectivity index (χ2n) is 12.0. The SMILES string of the molecule is CC[C@H]1OC(=O)[C@H](C)[C@@H](O[C@H]2CC(NC)[C@H](O)[C@@H](C)O2)[C@H](C)[C@@H](O)[C@](C)(O)C[C@@H](C)C(=O)[C@H](C)[C@@H](O)[C@H]1C. The van der Waals surface area contributed by atoms with Crippen LogP contribution in [0.4, 0.5) is 0 Å². The summed E-state index contributed by atoms with van der Waals surface area (Å²) < 4.78 is 18.1. The highest BCUT2D eigenvalue weighted by molar-refractivity contribution is 5.83. The number of ketones is 1. The van der Waals surface area contributed by atoms with Gasteiger partial charge in [0.25, 0.3) is 0 Å². The molecule has 0 bridgehead atoms. The van der Waals surface area contributed by atoms with Crippen LogP contribution >= 0.6 is 0 Å². The van der Waals surface area contributed by atoms with Gasteiger partial charge in [-0.05, 0) is 40.7 Å². The fourth-order valence-corrected chi connectivity index (χ4v) is 6.13. The summed E-state index contributed by atoms with van der Waals surface area (Å²) in [4.78, 5) is 26.6. The second-order valence-corrected chi connectivity index (χ2v) is 12.0. The van der Waals surface area contributed by atoms with Crippen LogP contribution in [0.15, 0.2) is 0 Å². The van der Waals surface area contributed by atoms with Gasteiger partial charge in [-0.3, -0.25) is 9.59 Å². The van der Waals surface area contributed by atoms with Gasteiger partial charge in [0.2, 0.25) is 0 Å². The predicted octanol–water partition coefficient (Wildman–Crippen LogP) is 1.40. The van der Waals surface area contributed by atoms with Crippen LogP contribution in [0.1, 0.15) is 74.7 Å². The molecule has 2 fully saturated rings. The van der Waals surface area contributed by atoms with Gasteiger partial charge in [0.05, 0.1) is 42.0 Å². The number of carbonyl (C=O) groups is 2. The van der Waals surface area contributed by atoms with Gasteiger partial charge >= 0.3 is 5.97 Å². The number of ether oxygens (including phenoxy) is 3. The summed E-state index contributed by atoms with van der Waals surface area (Å²) in [5.41, 5.74) is -1.68. The van der Waals surface area contributed by atoms with Crippen LogP contribution in [0.3, 0.4) is 0 Å². The van der Waals surface area contributed by atoms with Crippen LogP contribution in [0.25, 0.3) is 0 Å². The molecule has 222 valence electrons. The highest BCUT2D eigenvalue weighted by Gasteiger charge is 2.47. The Morgan fingerprint density at radius 3 is 2.16 bits per heavy atom. The minimum atomic E-state index is -1.68. The van der Waals surface area contributed by atoms with E-state index in [1.807, 2.05) is 6.92 Å². The number of hydrogen-bond donors (Lipinski definition) is 5. The summed E-state index contributed by atoms with van der Waals surface area (Å²) in [6.07, 6.45) is -5.29. The van der Waals surface area contributed by atoms with E-state index in [-0.39, 0.29) is 18.2 Å². The monoisotopic (exact) mass is 545 g/mol. The van der Waals surface area contributed by atoms with E-state index in [1.165, 1.54) is 6.92 Å². The molecule has 2 heterocycles. The quantitative estimate of drug-likeness (QED) is 0.328. The van der Waals surface area contributed by atoms with Gasteiger partial charge in [-0.2, -0.15) is 0 Å². The molecule has 0 aliphatic carbocycles. The molecule has 0 amide bonds. The van der Waals surface area contributed by atoms with Gasteiger partial charge in [-0.1, -0.05) is 34.6 Å². The van der Waals surface area contributed by atoms with Gasteiger partial charge in [-0.15, -0.1) is 0 Å². The number of aliphatic hydroxyl groups excluding tert-OH is 3. The number of cyclic esters (lactones) is 1. The minimum Gasteiger partial charge on any atom is -0.462 e. The average molecular weight is 546 g/mol. The molecule has 5 N–H and O–H groups in total. The zero-order chi connectivity index (χ0) is 29.1. The maximum atomic E-state index is 13.4. The van der Waals surface area contributed by atoms with E-state index in [2.05, 4.69) is 5.32 Å². The van der Waals surface area contributed by atoms with E-state index in [0.717, 1.165) is 0 Å². The third kappa shape index (κ3) is 7.33. The third-order valence-electron chi connectivity index (χ3n) is 8.86. The molecule has 0 radical (unpaired) electrons. The van der Waals surface area contributed by atoms with Gasteiger partial charge < -0.3 is 40.0 Å². The lowest BCUT2D eigenvalue weighted by atomic mass is 9.75. The molecule has 10 heteroatoms. The van der Waals surface area contributed by atoms with E-state index in [1.54, 1.807) is 48.6 Å². The molecule has 1 unspecified atom stereocenters. The highest BCUT2D eigenvalue weighted by atomic mass is 16.7. The number of carbonyl (C=O) groups excluding carboxylic acids is 2. The number of rotatable bonds is 4. The average Bonchev–Trinajstić information content (AvgIpc) is 2.88. The summed E-state index contributed by atoms with van der Waals surface area (Å²) >= 11 is 0. The van der Waals surface area contributed by atoms with Crippen molar-refractivity contribution in [3.63, 3.8) is 0 Å². The van der Waals surface area contributed by atoms with Crippen molar-refractivity contribution in [1.29, 1.82) is 0 Å². The van der Waals surface area contributed by atoms with Crippen LogP contribution in [-0.4, -0.2) is 93.8 Å². The molecular weight excluding hydrogens is 494 g/mol. The molecule has 2 saturated heterocycles. The van der Waals surface area contributed by atoms with Crippen molar-refractivity contribution in [3.05, 3.63) is 0 Å². The predicted molar refractivity (Wildman–Crippen MR) is 141 cm³/mol. The first-order chi connectivity index (χ1) is 17.6. The number of aliphatic hydroxyl groups is 4. The Bertz CT molecular complexity index is 792. The lowest BCUT2D eigenvalue weighted by Gasteiger charge is -2.43. The topological polar surface area (TPSA) is 155 Å². The minimum absolute atomic E-state index is 0.0312. The van der Waals surface area contributed by atoms with Crippen molar-refractivity contribution >= 4 is 11.8 Å². The molecule has 10 nitrogen and oxygen atoms in total. The lowest BCUT2D eigenvalue weighted by Crippen LogP contribution is -2.56. The summed E-state index contributed by atoms with van der Waals surface area (Å²) in [7, 11) is 1.73. The van der Waals surface area contributed by atoms with Crippen molar-refractivity contribution < 1.29 is 44.2 Å². The van der Waals surface area contributed by atoms with E-state index in [9.17, 15) is 30.0 Å². The molecule has 0 saturated carbocycles. The molecule has 2 aliphatic rings. The summed E-state index contributed by atoms with van der Waals surface area (Å²) in [5.74, 6) is -4.29. The number of esters is 1. The molecule has 38 heavy (non-hydrogen) atoms. The number of nitrogens with one attached hydrogen (secondary N) is 1. The van der Waals surface area contributed by atoms with Crippen molar-refractivity contribution in [2.75, 3.05) is 7.05 Å². The van der Waals surface area contributed by atoms with Gasteiger partial charge in [0.15, 0.2) is 6.29 Å². The number of hydrogen-bond acceptors (Lipinski definition) is 10. The van der Waals surface area contributed by atoms with Crippen molar-refractivity contribution in [2.45, 2.75) is 129 Å². The Kier molecular flexibility index (Phi) is 11.7. The first-order valence-electron chi connectivity index (χ1n) is 14.1. The fraction of sp³-hybridized carbons (Fsp3) is 0.929. The molecule has 0 spiro atoms. The summed E-state index contributed by atoms with van der Waals surface area (Å²) in [6.45, 7) is 13.5. The maximum absolute atomic E-state index is 13.4. The molecule has 0 aromatic heterocycles. The molecule has 0 aromatic carbocycles. The normalized spacial score (nSPS) is 48.3. The van der Waals surface area contributed by atoms with Crippen LogP contribution in [-0.2, 0) is 23.8 Å². The molecule has 14 atom stereocenters. The zero-order valence-corrected chi connectivity index (χ0v) is 24.5. The largest absolute Gasteiger partial charge is 0.462 e. The Morgan fingerprint density at radius 1 is 1.00 bits per heavy atom. The molecular formula is C28H51NO9. The van der Waals surface area contributed by atoms with E-state index in [0.29, 0.717) is 12.8 Å². The number of likely N-dealkylation sites (N-methyl/N-ethyl adjacent to an activating group) is 1. The van der Waals surface area contributed by atoms with Crippen LogP contribution in [0.2, 0.25) is 0 Å². The Morgan fingerprint density at radius 2 is 1.61 bits per heavy atom. The van der Waals surface area contributed by atoms with Crippen molar-refractivity contribution in [2.24, 2.45) is 29.6 Å². The highest BCUT2D eigenvalue weighted by Crippen LogP contribution is 2.35. The Balaban J connectivity index is 2.47.